The van der Waals surface area contributed by atoms with E-state index in [4.69, 9.17) is 4.74 Å². The highest BCUT2D eigenvalue weighted by molar-refractivity contribution is 5.76. The van der Waals surface area contributed by atoms with Crippen LogP contribution < -0.4 is 10.1 Å². The Morgan fingerprint density at radius 1 is 1.30 bits per heavy atom. The highest BCUT2D eigenvalue weighted by atomic mass is 19.1. The van der Waals surface area contributed by atoms with Crippen LogP contribution in [0, 0.1) is 12.7 Å². The molecule has 0 aliphatic carbocycles. The molecular weight excluding hydrogens is 343 g/mol. The number of nitrogens with one attached hydrogen (secondary N) is 1. The fourth-order valence-corrected chi connectivity index (χ4v) is 3.45. The molecule has 0 saturated carbocycles. The lowest BCUT2D eigenvalue weighted by atomic mass is 10.1. The summed E-state index contributed by atoms with van der Waals surface area (Å²) in [5.41, 5.74) is 3.27. The first-order valence-corrected chi connectivity index (χ1v) is 9.44. The van der Waals surface area contributed by atoms with Crippen LogP contribution in [0.4, 0.5) is 4.39 Å². The van der Waals surface area contributed by atoms with Gasteiger partial charge in [-0.1, -0.05) is 29.8 Å². The van der Waals surface area contributed by atoms with Gasteiger partial charge in [-0.25, -0.2) is 4.39 Å². The van der Waals surface area contributed by atoms with Gasteiger partial charge in [0.25, 0.3) is 0 Å². The van der Waals surface area contributed by atoms with E-state index in [0.717, 1.165) is 24.4 Å². The molecule has 0 unspecified atom stereocenters. The number of hydrogen-bond donors (Lipinski definition) is 1. The van der Waals surface area contributed by atoms with E-state index in [1.807, 2.05) is 13.0 Å². The molecule has 0 spiro atoms. The molecule has 2 aromatic carbocycles. The largest absolute Gasteiger partial charge is 0.489 e. The lowest BCUT2D eigenvalue weighted by Crippen LogP contribution is -2.35. The molecular formula is C22H27FN2O2. The van der Waals surface area contributed by atoms with Crippen LogP contribution in [-0.2, 0) is 11.3 Å². The molecule has 1 N–H and O–H groups in total. The van der Waals surface area contributed by atoms with Crippen LogP contribution >= 0.6 is 0 Å². The average molecular weight is 370 g/mol. The summed E-state index contributed by atoms with van der Waals surface area (Å²) in [5, 5.41) is 2.99. The fourth-order valence-electron chi connectivity index (χ4n) is 3.45. The van der Waals surface area contributed by atoms with Gasteiger partial charge in [0, 0.05) is 31.6 Å². The molecule has 1 heterocycles. The number of benzene rings is 2. The number of nitrogens with zero attached hydrogens (tertiary/aromatic N) is 1. The lowest BCUT2D eigenvalue weighted by Gasteiger charge is -2.22. The molecule has 2 atom stereocenters. The maximum Gasteiger partial charge on any atom is 0.221 e. The van der Waals surface area contributed by atoms with Crippen molar-refractivity contribution in [2.24, 2.45) is 0 Å². The summed E-state index contributed by atoms with van der Waals surface area (Å²) in [5.74, 6) is 0.657. The zero-order valence-electron chi connectivity index (χ0n) is 16.2. The number of hydrogen-bond acceptors (Lipinski definition) is 3. The number of ether oxygens (including phenoxy) is 1. The fraction of sp³-hybridized carbons (Fsp3) is 0.409. The Morgan fingerprint density at radius 2 is 2.04 bits per heavy atom. The summed E-state index contributed by atoms with van der Waals surface area (Å²) < 4.78 is 19.0. The number of carbonyl (C=O) groups excluding carboxylic acids is 1. The van der Waals surface area contributed by atoms with Gasteiger partial charge in [-0.2, -0.15) is 0 Å². The van der Waals surface area contributed by atoms with Crippen LogP contribution in [-0.4, -0.2) is 30.0 Å². The molecule has 5 heteroatoms. The minimum absolute atomic E-state index is 0.00545. The van der Waals surface area contributed by atoms with E-state index in [1.54, 1.807) is 12.1 Å². The third-order valence-electron chi connectivity index (χ3n) is 4.86. The molecule has 0 saturated heterocycles. The van der Waals surface area contributed by atoms with Gasteiger partial charge < -0.3 is 10.1 Å². The van der Waals surface area contributed by atoms with Gasteiger partial charge >= 0.3 is 0 Å². The van der Waals surface area contributed by atoms with Gasteiger partial charge in [0.05, 0.1) is 6.04 Å². The van der Waals surface area contributed by atoms with Gasteiger partial charge in [0.2, 0.25) is 5.91 Å². The molecule has 1 aliphatic heterocycles. The van der Waals surface area contributed by atoms with E-state index in [0.29, 0.717) is 13.0 Å². The van der Waals surface area contributed by atoms with Gasteiger partial charge in [-0.15, -0.1) is 0 Å². The van der Waals surface area contributed by atoms with E-state index in [9.17, 15) is 9.18 Å². The second-order valence-corrected chi connectivity index (χ2v) is 7.37. The highest BCUT2D eigenvalue weighted by Gasteiger charge is 2.21. The first-order valence-electron chi connectivity index (χ1n) is 9.44. The van der Waals surface area contributed by atoms with Crippen LogP contribution in [0.3, 0.4) is 0 Å². The van der Waals surface area contributed by atoms with Crippen molar-refractivity contribution in [1.82, 2.24) is 10.2 Å². The van der Waals surface area contributed by atoms with Crippen LogP contribution in [0.15, 0.2) is 42.5 Å². The number of amides is 1. The van der Waals surface area contributed by atoms with E-state index in [1.165, 1.54) is 23.3 Å². The quantitative estimate of drug-likeness (QED) is 0.865. The van der Waals surface area contributed by atoms with Gasteiger partial charge in [-0.05, 0) is 44.5 Å². The first kappa shape index (κ1) is 19.4. The minimum Gasteiger partial charge on any atom is -0.489 e. The van der Waals surface area contributed by atoms with E-state index < -0.39 is 0 Å². The second kappa shape index (κ2) is 8.53. The SMILES string of the molecule is Cc1ccc2c(c1)CN(CCC(=O)N[C@H](C)c1ccc(F)cc1)C[C@H](C)O2. The summed E-state index contributed by atoms with van der Waals surface area (Å²) in [7, 11) is 0. The number of rotatable bonds is 5. The molecule has 3 rings (SSSR count). The number of carbonyl (C=O) groups is 1. The molecule has 1 amide bonds. The Hall–Kier alpha value is -2.40. The second-order valence-electron chi connectivity index (χ2n) is 7.37. The van der Waals surface area contributed by atoms with E-state index >= 15 is 0 Å². The summed E-state index contributed by atoms with van der Waals surface area (Å²) in [6.45, 7) is 8.27. The van der Waals surface area contributed by atoms with Gasteiger partial charge in [0.15, 0.2) is 0 Å². The summed E-state index contributed by atoms with van der Waals surface area (Å²) in [6, 6.07) is 12.3. The lowest BCUT2D eigenvalue weighted by molar-refractivity contribution is -0.122. The molecule has 0 bridgehead atoms. The van der Waals surface area contributed by atoms with Crippen molar-refractivity contribution in [2.75, 3.05) is 13.1 Å². The van der Waals surface area contributed by atoms with Crippen molar-refractivity contribution < 1.29 is 13.9 Å². The summed E-state index contributed by atoms with van der Waals surface area (Å²) in [6.07, 6.45) is 0.495. The van der Waals surface area contributed by atoms with Crippen molar-refractivity contribution in [3.63, 3.8) is 0 Å². The normalized spacial score (nSPS) is 18.1. The Bertz CT molecular complexity index is 791. The van der Waals surface area contributed by atoms with Crippen molar-refractivity contribution >= 4 is 5.91 Å². The predicted octanol–water partition coefficient (Wildman–Crippen LogP) is 3.98. The molecule has 0 aromatic heterocycles. The predicted molar refractivity (Wildman–Crippen MR) is 104 cm³/mol. The molecule has 2 aromatic rings. The maximum atomic E-state index is 13.0. The molecule has 0 radical (unpaired) electrons. The van der Waals surface area contributed by atoms with Gasteiger partial charge in [0.1, 0.15) is 17.7 Å². The van der Waals surface area contributed by atoms with E-state index in [-0.39, 0.29) is 23.9 Å². The number of halogens is 1. The Kier molecular flexibility index (Phi) is 6.11. The molecule has 27 heavy (non-hydrogen) atoms. The summed E-state index contributed by atoms with van der Waals surface area (Å²) >= 11 is 0. The van der Waals surface area contributed by atoms with Crippen molar-refractivity contribution in [2.45, 2.75) is 45.9 Å². The molecule has 0 fully saturated rings. The first-order chi connectivity index (χ1) is 12.9. The zero-order valence-corrected chi connectivity index (χ0v) is 16.2. The minimum atomic E-state index is -0.273. The Balaban J connectivity index is 1.55. The van der Waals surface area contributed by atoms with Crippen molar-refractivity contribution in [1.29, 1.82) is 0 Å². The smallest absolute Gasteiger partial charge is 0.221 e. The van der Waals surface area contributed by atoms with Crippen LogP contribution in [0.25, 0.3) is 0 Å². The molecule has 144 valence electrons. The highest BCUT2D eigenvalue weighted by Crippen LogP contribution is 2.26. The molecule has 1 aliphatic rings. The van der Waals surface area contributed by atoms with Crippen molar-refractivity contribution in [3.8, 4) is 5.75 Å². The topological polar surface area (TPSA) is 41.6 Å². The zero-order chi connectivity index (χ0) is 19.4. The standard InChI is InChI=1S/C22H27FN2O2/c1-15-4-9-21-19(12-15)14-25(13-16(2)27-21)11-10-22(26)24-17(3)18-5-7-20(23)8-6-18/h4-9,12,16-17H,10-11,13-14H2,1-3H3,(H,24,26)/t16-,17+/m0/s1. The van der Waals surface area contributed by atoms with Crippen LogP contribution in [0.1, 0.15) is 43.0 Å². The number of fused-ring (bicyclic) bond motifs is 1. The third kappa shape index (κ3) is 5.30. The number of aryl methyl sites for hydroxylation is 1. The monoisotopic (exact) mass is 370 g/mol. The van der Waals surface area contributed by atoms with Gasteiger partial charge in [-0.3, -0.25) is 9.69 Å². The van der Waals surface area contributed by atoms with Crippen LogP contribution in [0.2, 0.25) is 0 Å². The maximum absolute atomic E-state index is 13.0. The molecule has 4 nitrogen and oxygen atoms in total. The third-order valence-corrected chi connectivity index (χ3v) is 4.86. The van der Waals surface area contributed by atoms with Crippen LogP contribution in [0.5, 0.6) is 5.75 Å². The Morgan fingerprint density at radius 3 is 2.78 bits per heavy atom. The van der Waals surface area contributed by atoms with Crippen molar-refractivity contribution in [3.05, 3.63) is 65.0 Å². The Labute approximate surface area is 160 Å². The summed E-state index contributed by atoms with van der Waals surface area (Å²) in [4.78, 5) is 14.6. The van der Waals surface area contributed by atoms with E-state index in [2.05, 4.69) is 36.2 Å². The average Bonchev–Trinajstić information content (AvgIpc) is 2.77.